The number of aryl methyl sites for hydroxylation is 1. The fourth-order valence-electron chi connectivity index (χ4n) is 4.68. The first-order valence-electron chi connectivity index (χ1n) is 12.2. The van der Waals surface area contributed by atoms with E-state index in [1.165, 1.54) is 27.9 Å². The third-order valence-corrected chi connectivity index (χ3v) is 10.6. The van der Waals surface area contributed by atoms with Crippen LogP contribution in [0.5, 0.6) is 5.75 Å². The molecule has 2 aliphatic rings. The second-order valence-corrected chi connectivity index (χ2v) is 13.2. The number of piperidine rings is 2. The van der Waals surface area contributed by atoms with E-state index in [0.717, 1.165) is 24.8 Å². The first kappa shape index (κ1) is 26.6. The number of rotatable bonds is 7. The van der Waals surface area contributed by atoms with Crippen LogP contribution in [-0.2, 0) is 24.8 Å². The van der Waals surface area contributed by atoms with E-state index in [-0.39, 0.29) is 28.0 Å². The van der Waals surface area contributed by atoms with Crippen LogP contribution in [0.25, 0.3) is 0 Å². The largest absolute Gasteiger partial charge is 0.495 e. The number of methoxy groups -OCH3 is 1. The number of sulfonamides is 2. The van der Waals surface area contributed by atoms with Gasteiger partial charge < -0.3 is 10.1 Å². The summed E-state index contributed by atoms with van der Waals surface area (Å²) in [5.41, 5.74) is 1.29. The molecule has 0 unspecified atom stereocenters. The molecule has 2 aromatic carbocycles. The van der Waals surface area contributed by atoms with Crippen molar-refractivity contribution in [1.29, 1.82) is 0 Å². The summed E-state index contributed by atoms with van der Waals surface area (Å²) in [6, 6.07) is 11.2. The van der Waals surface area contributed by atoms with Crippen LogP contribution in [0, 0.1) is 12.8 Å². The molecule has 11 heteroatoms. The van der Waals surface area contributed by atoms with Gasteiger partial charge in [0.15, 0.2) is 0 Å². The van der Waals surface area contributed by atoms with E-state index in [9.17, 15) is 21.6 Å². The number of nitrogens with zero attached hydrogens (tertiary/aromatic N) is 2. The number of carbonyl (C=O) groups excluding carboxylic acids is 1. The van der Waals surface area contributed by atoms with Gasteiger partial charge in [-0.1, -0.05) is 24.1 Å². The van der Waals surface area contributed by atoms with Crippen molar-refractivity contribution in [2.45, 2.75) is 48.8 Å². The minimum Gasteiger partial charge on any atom is -0.495 e. The fraction of sp³-hybridized carbons (Fsp3) is 0.480. The van der Waals surface area contributed by atoms with Gasteiger partial charge in [-0.3, -0.25) is 4.79 Å². The van der Waals surface area contributed by atoms with Crippen LogP contribution in [0.2, 0.25) is 0 Å². The molecule has 2 aliphatic heterocycles. The Morgan fingerprint density at radius 2 is 1.56 bits per heavy atom. The number of anilines is 1. The molecule has 0 bridgehead atoms. The third-order valence-electron chi connectivity index (χ3n) is 6.78. The maximum atomic E-state index is 13.3. The maximum Gasteiger partial charge on any atom is 0.246 e. The van der Waals surface area contributed by atoms with Crippen molar-refractivity contribution >= 4 is 31.6 Å². The zero-order valence-corrected chi connectivity index (χ0v) is 22.3. The van der Waals surface area contributed by atoms with Crippen LogP contribution < -0.4 is 10.1 Å². The summed E-state index contributed by atoms with van der Waals surface area (Å²) in [6.45, 7) is 3.21. The molecule has 2 fully saturated rings. The van der Waals surface area contributed by atoms with Crippen molar-refractivity contribution in [3.05, 3.63) is 48.0 Å². The number of carbonyl (C=O) groups is 1. The average Bonchev–Trinajstić information content (AvgIpc) is 2.89. The van der Waals surface area contributed by atoms with Crippen LogP contribution in [-0.4, -0.2) is 64.6 Å². The molecule has 2 aromatic rings. The molecule has 1 N–H and O–H groups in total. The molecule has 1 amide bonds. The van der Waals surface area contributed by atoms with Gasteiger partial charge in [0.05, 0.1) is 17.9 Å². The zero-order valence-electron chi connectivity index (χ0n) is 20.6. The van der Waals surface area contributed by atoms with Crippen LogP contribution in [0.1, 0.15) is 37.7 Å². The molecular formula is C25H33N3O6S2. The summed E-state index contributed by atoms with van der Waals surface area (Å²) in [6.07, 6.45) is 3.71. The summed E-state index contributed by atoms with van der Waals surface area (Å²) in [4.78, 5) is 13.3. The van der Waals surface area contributed by atoms with Gasteiger partial charge in [-0.05, 0) is 62.9 Å². The van der Waals surface area contributed by atoms with E-state index in [1.807, 2.05) is 6.92 Å². The van der Waals surface area contributed by atoms with Gasteiger partial charge in [-0.15, -0.1) is 0 Å². The number of nitrogens with one attached hydrogen (secondary N) is 1. The molecule has 0 spiro atoms. The van der Waals surface area contributed by atoms with Gasteiger partial charge in [-0.2, -0.15) is 8.61 Å². The number of amides is 1. The second kappa shape index (κ2) is 10.9. The summed E-state index contributed by atoms with van der Waals surface area (Å²) < 4.78 is 60.9. The highest BCUT2D eigenvalue weighted by Crippen LogP contribution is 2.32. The minimum atomic E-state index is -3.78. The molecule has 9 nitrogen and oxygen atoms in total. The smallest absolute Gasteiger partial charge is 0.246 e. The summed E-state index contributed by atoms with van der Waals surface area (Å²) in [5.74, 6) is -0.680. The summed E-state index contributed by atoms with van der Waals surface area (Å²) in [5, 5.41) is 2.80. The monoisotopic (exact) mass is 535 g/mol. The van der Waals surface area contributed by atoms with E-state index in [0.29, 0.717) is 38.2 Å². The van der Waals surface area contributed by atoms with Gasteiger partial charge in [0, 0.05) is 31.9 Å². The molecule has 1 atom stereocenters. The topological polar surface area (TPSA) is 113 Å². The van der Waals surface area contributed by atoms with E-state index in [4.69, 9.17) is 4.74 Å². The van der Waals surface area contributed by atoms with Crippen molar-refractivity contribution < 1.29 is 26.4 Å². The number of ether oxygens (including phenoxy) is 1. The van der Waals surface area contributed by atoms with Crippen molar-refractivity contribution in [3.8, 4) is 5.75 Å². The molecule has 4 rings (SSSR count). The molecule has 0 saturated carbocycles. The van der Waals surface area contributed by atoms with Gasteiger partial charge in [0.1, 0.15) is 10.6 Å². The number of hydrogen-bond donors (Lipinski definition) is 1. The van der Waals surface area contributed by atoms with Crippen molar-refractivity contribution in [2.75, 3.05) is 38.6 Å². The van der Waals surface area contributed by atoms with Gasteiger partial charge >= 0.3 is 0 Å². The highest BCUT2D eigenvalue weighted by Gasteiger charge is 2.34. The van der Waals surface area contributed by atoms with E-state index < -0.39 is 26.0 Å². The van der Waals surface area contributed by atoms with Gasteiger partial charge in [0.25, 0.3) is 0 Å². The molecular weight excluding hydrogens is 502 g/mol. The lowest BCUT2D eigenvalue weighted by molar-refractivity contribution is -0.120. The first-order chi connectivity index (χ1) is 17.1. The highest BCUT2D eigenvalue weighted by molar-refractivity contribution is 7.89. The lowest BCUT2D eigenvalue weighted by atomic mass is 9.98. The van der Waals surface area contributed by atoms with Crippen LogP contribution in [0.15, 0.2) is 52.3 Å². The predicted molar refractivity (Wildman–Crippen MR) is 137 cm³/mol. The number of benzene rings is 2. The highest BCUT2D eigenvalue weighted by atomic mass is 32.2. The Morgan fingerprint density at radius 1 is 0.889 bits per heavy atom. The molecule has 0 aliphatic carbocycles. The minimum absolute atomic E-state index is 0.0110. The Labute approximate surface area is 213 Å². The van der Waals surface area contributed by atoms with Crippen molar-refractivity contribution in [2.24, 2.45) is 5.92 Å². The first-order valence-corrected chi connectivity index (χ1v) is 15.1. The average molecular weight is 536 g/mol. The second-order valence-electron chi connectivity index (χ2n) is 9.33. The van der Waals surface area contributed by atoms with E-state index in [2.05, 4.69) is 5.32 Å². The molecule has 36 heavy (non-hydrogen) atoms. The Hall–Kier alpha value is -2.47. The lowest BCUT2D eigenvalue weighted by Crippen LogP contribution is -2.43. The maximum absolute atomic E-state index is 13.3. The Balaban J connectivity index is 1.51. The predicted octanol–water partition coefficient (Wildman–Crippen LogP) is 3.22. The van der Waals surface area contributed by atoms with Crippen LogP contribution in [0.4, 0.5) is 5.69 Å². The van der Waals surface area contributed by atoms with Crippen molar-refractivity contribution in [1.82, 2.24) is 8.61 Å². The quantitative estimate of drug-likeness (QED) is 0.583. The Morgan fingerprint density at radius 3 is 2.22 bits per heavy atom. The Kier molecular flexibility index (Phi) is 8.03. The fourth-order valence-corrected chi connectivity index (χ4v) is 7.90. The van der Waals surface area contributed by atoms with E-state index >= 15 is 0 Å². The van der Waals surface area contributed by atoms with Crippen LogP contribution in [0.3, 0.4) is 0 Å². The molecule has 2 saturated heterocycles. The Bertz CT molecular complexity index is 1300. The normalized spacial score (nSPS) is 20.1. The summed E-state index contributed by atoms with van der Waals surface area (Å²) >= 11 is 0. The molecule has 196 valence electrons. The van der Waals surface area contributed by atoms with E-state index in [1.54, 1.807) is 30.3 Å². The van der Waals surface area contributed by atoms with Gasteiger partial charge in [-0.25, -0.2) is 16.8 Å². The lowest BCUT2D eigenvalue weighted by Gasteiger charge is -2.31. The molecule has 0 aromatic heterocycles. The van der Waals surface area contributed by atoms with Crippen LogP contribution >= 0.6 is 0 Å². The molecule has 0 radical (unpaired) electrons. The summed E-state index contributed by atoms with van der Waals surface area (Å²) in [7, 11) is -6.08. The standard InChI is InChI=1S/C25H33N3O6S2/c1-19-8-11-22(12-9-19)35(30,31)28-16-6-7-20(18-28)25(29)26-21-10-13-23(34-2)24(17-21)36(32,33)27-14-4-3-5-15-27/h8-13,17,20H,3-7,14-16,18H2,1-2H3,(H,26,29)/t20-/m0/s1. The van der Waals surface area contributed by atoms with Crippen molar-refractivity contribution in [3.63, 3.8) is 0 Å². The third kappa shape index (κ3) is 5.59. The number of hydrogen-bond acceptors (Lipinski definition) is 6. The SMILES string of the molecule is COc1ccc(NC(=O)[C@H]2CCCN(S(=O)(=O)c3ccc(C)cc3)C2)cc1S(=O)(=O)N1CCCCC1. The molecule has 2 heterocycles. The zero-order chi connectivity index (χ0) is 25.9. The van der Waals surface area contributed by atoms with Gasteiger partial charge in [0.2, 0.25) is 26.0 Å².